The second-order valence-corrected chi connectivity index (χ2v) is 3.01. The topological polar surface area (TPSA) is 66.8 Å². The molecule has 1 atom stereocenters. The highest BCUT2D eigenvalue weighted by Gasteiger charge is 2.32. The first-order valence-corrected chi connectivity index (χ1v) is 4.15. The summed E-state index contributed by atoms with van der Waals surface area (Å²) < 4.78 is 4.46. The summed E-state index contributed by atoms with van der Waals surface area (Å²) in [7, 11) is 1.30. The van der Waals surface area contributed by atoms with E-state index in [1.165, 1.54) is 12.0 Å². The molecule has 0 spiro atoms. The molecule has 82 valence electrons. The molecule has 1 saturated heterocycles. The molecule has 5 nitrogen and oxygen atoms in total. The van der Waals surface area contributed by atoms with E-state index < -0.39 is 0 Å². The molecule has 6 heteroatoms. The molecule has 1 aliphatic heterocycles. The van der Waals surface area contributed by atoms with Crippen molar-refractivity contribution in [3.8, 4) is 0 Å². The molecule has 1 amide bonds. The number of methoxy groups -OCH3 is 1. The summed E-state index contributed by atoms with van der Waals surface area (Å²) in [5, 5.41) is 8.73. The molecule has 1 N–H and O–H groups in total. The van der Waals surface area contributed by atoms with Crippen molar-refractivity contribution in [1.29, 1.82) is 0 Å². The second kappa shape index (κ2) is 5.82. The number of carbonyl (C=O) groups excluding carboxylic acids is 2. The maximum Gasteiger partial charge on any atom is 0.306 e. The average Bonchev–Trinajstić information content (AvgIpc) is 2.48. The van der Waals surface area contributed by atoms with Gasteiger partial charge in [-0.2, -0.15) is 0 Å². The number of ether oxygens (including phenoxy) is 1. The predicted molar refractivity (Wildman–Crippen MR) is 50.8 cm³/mol. The minimum atomic E-state index is -0.377. The number of aliphatic hydroxyl groups excluding tert-OH is 1. The lowest BCUT2D eigenvalue weighted by atomic mass is 10.0. The fourth-order valence-corrected chi connectivity index (χ4v) is 1.42. The van der Waals surface area contributed by atoms with Crippen LogP contribution >= 0.6 is 12.4 Å². The Morgan fingerprint density at radius 2 is 2.36 bits per heavy atom. The van der Waals surface area contributed by atoms with E-state index in [9.17, 15) is 9.59 Å². The summed E-state index contributed by atoms with van der Waals surface area (Å²) >= 11 is 0. The third kappa shape index (κ3) is 2.85. The summed E-state index contributed by atoms with van der Waals surface area (Å²) in [5.74, 6) is -0.842. The van der Waals surface area contributed by atoms with Crippen LogP contribution in [0.1, 0.15) is 12.8 Å². The molecule has 0 bridgehead atoms. The third-order valence-corrected chi connectivity index (χ3v) is 2.22. The molecule has 0 aromatic carbocycles. The van der Waals surface area contributed by atoms with Crippen LogP contribution in [0.3, 0.4) is 0 Å². The maximum atomic E-state index is 11.3. The van der Waals surface area contributed by atoms with E-state index >= 15 is 0 Å². The van der Waals surface area contributed by atoms with Crippen LogP contribution in [0, 0.1) is 5.92 Å². The van der Waals surface area contributed by atoms with E-state index in [-0.39, 0.29) is 43.4 Å². The van der Waals surface area contributed by atoms with Crippen molar-refractivity contribution in [2.24, 2.45) is 5.92 Å². The van der Waals surface area contributed by atoms with Gasteiger partial charge in [0.25, 0.3) is 0 Å². The van der Waals surface area contributed by atoms with Crippen molar-refractivity contribution in [1.82, 2.24) is 4.90 Å². The van der Waals surface area contributed by atoms with Gasteiger partial charge in [0, 0.05) is 6.54 Å². The van der Waals surface area contributed by atoms with Gasteiger partial charge in [0.05, 0.1) is 19.4 Å². The first kappa shape index (κ1) is 13.2. The van der Waals surface area contributed by atoms with Gasteiger partial charge in [0.15, 0.2) is 0 Å². The number of hydrogen-bond acceptors (Lipinski definition) is 4. The van der Waals surface area contributed by atoms with Crippen molar-refractivity contribution in [2.45, 2.75) is 12.8 Å². The van der Waals surface area contributed by atoms with Gasteiger partial charge in [-0.25, -0.2) is 0 Å². The zero-order valence-corrected chi connectivity index (χ0v) is 8.75. The van der Waals surface area contributed by atoms with Gasteiger partial charge >= 0.3 is 5.97 Å². The molecule has 14 heavy (non-hydrogen) atoms. The maximum absolute atomic E-state index is 11.3. The number of likely N-dealkylation sites (tertiary alicyclic amines) is 1. The monoisotopic (exact) mass is 223 g/mol. The van der Waals surface area contributed by atoms with E-state index in [1.54, 1.807) is 0 Å². The molecular formula is C8H14ClNO4. The summed E-state index contributed by atoms with van der Waals surface area (Å²) in [6.45, 7) is 0.257. The summed E-state index contributed by atoms with van der Waals surface area (Å²) in [6.07, 6.45) is 0.736. The van der Waals surface area contributed by atoms with Crippen LogP contribution in [0.2, 0.25) is 0 Å². The normalized spacial score (nSPS) is 20.6. The number of rotatable bonds is 3. The highest BCUT2D eigenvalue weighted by atomic mass is 35.5. The van der Waals surface area contributed by atoms with Crippen molar-refractivity contribution < 1.29 is 19.4 Å². The second-order valence-electron chi connectivity index (χ2n) is 3.01. The summed E-state index contributed by atoms with van der Waals surface area (Å²) in [5.41, 5.74) is 0. The van der Waals surface area contributed by atoms with Crippen molar-refractivity contribution in [3.63, 3.8) is 0 Å². The Hall–Kier alpha value is -0.810. The molecule has 1 aliphatic rings. The van der Waals surface area contributed by atoms with Crippen molar-refractivity contribution in [3.05, 3.63) is 0 Å². The third-order valence-electron chi connectivity index (χ3n) is 2.22. The smallest absolute Gasteiger partial charge is 0.306 e. The number of halogens is 1. The Morgan fingerprint density at radius 1 is 1.71 bits per heavy atom. The molecule has 0 saturated carbocycles. The van der Waals surface area contributed by atoms with Gasteiger partial charge in [-0.15, -0.1) is 12.4 Å². The van der Waals surface area contributed by atoms with Gasteiger partial charge in [0.1, 0.15) is 6.73 Å². The van der Waals surface area contributed by atoms with Crippen LogP contribution in [0.25, 0.3) is 0 Å². The van der Waals surface area contributed by atoms with E-state index in [0.717, 1.165) is 0 Å². The molecule has 0 aromatic rings. The van der Waals surface area contributed by atoms with Crippen molar-refractivity contribution in [2.75, 3.05) is 20.4 Å². The van der Waals surface area contributed by atoms with Gasteiger partial charge < -0.3 is 14.7 Å². The fraction of sp³-hybridized carbons (Fsp3) is 0.750. The Bertz CT molecular complexity index is 221. The number of nitrogens with zero attached hydrogens (tertiary/aromatic N) is 1. The number of esters is 1. The van der Waals surface area contributed by atoms with Gasteiger partial charge in [-0.05, 0) is 6.42 Å². The van der Waals surface area contributed by atoms with E-state index in [0.29, 0.717) is 13.0 Å². The van der Waals surface area contributed by atoms with E-state index in [1.807, 2.05) is 0 Å². The summed E-state index contributed by atoms with van der Waals surface area (Å²) in [4.78, 5) is 23.5. The van der Waals surface area contributed by atoms with Crippen LogP contribution in [0.5, 0.6) is 0 Å². The molecule has 1 heterocycles. The quantitative estimate of drug-likeness (QED) is 0.672. The first-order chi connectivity index (χ1) is 6.19. The highest BCUT2D eigenvalue weighted by molar-refractivity contribution is 5.85. The SMILES string of the molecule is COC(=O)CC1CCN(CO)C1=O.Cl. The number of carbonyl (C=O) groups is 2. The number of hydrogen-bond donors (Lipinski definition) is 1. The lowest BCUT2D eigenvalue weighted by molar-refractivity contribution is -0.145. The Morgan fingerprint density at radius 3 is 2.79 bits per heavy atom. The van der Waals surface area contributed by atoms with Crippen molar-refractivity contribution >= 4 is 24.3 Å². The summed E-state index contributed by atoms with van der Waals surface area (Å²) in [6, 6.07) is 0. The minimum Gasteiger partial charge on any atom is -0.469 e. The Balaban J connectivity index is 0.00000169. The molecule has 0 aromatic heterocycles. The van der Waals surface area contributed by atoms with Crippen LogP contribution in [-0.2, 0) is 14.3 Å². The van der Waals surface area contributed by atoms with Crippen LogP contribution in [0.4, 0.5) is 0 Å². The molecule has 1 rings (SSSR count). The van der Waals surface area contributed by atoms with Gasteiger partial charge in [-0.1, -0.05) is 0 Å². The number of aliphatic hydroxyl groups is 1. The molecule has 0 radical (unpaired) electrons. The Labute approximate surface area is 88.4 Å². The molecule has 0 aliphatic carbocycles. The number of amides is 1. The van der Waals surface area contributed by atoms with Crippen LogP contribution in [-0.4, -0.2) is 42.3 Å². The lowest BCUT2D eigenvalue weighted by Gasteiger charge is -2.11. The molecule has 1 fully saturated rings. The fourth-order valence-electron chi connectivity index (χ4n) is 1.42. The Kier molecular flexibility index (Phi) is 5.49. The molecular weight excluding hydrogens is 210 g/mol. The minimum absolute atomic E-state index is 0. The van der Waals surface area contributed by atoms with Crippen LogP contribution < -0.4 is 0 Å². The predicted octanol–water partition coefficient (Wildman–Crippen LogP) is -0.230. The standard InChI is InChI=1S/C8H13NO4.ClH/c1-13-7(11)4-6-2-3-9(5-10)8(6)12;/h6,10H,2-5H2,1H3;1H. The first-order valence-electron chi connectivity index (χ1n) is 4.15. The van der Waals surface area contributed by atoms with E-state index in [4.69, 9.17) is 5.11 Å². The zero-order valence-electron chi connectivity index (χ0n) is 7.93. The zero-order chi connectivity index (χ0) is 9.84. The average molecular weight is 224 g/mol. The largest absolute Gasteiger partial charge is 0.469 e. The lowest BCUT2D eigenvalue weighted by Crippen LogP contribution is -2.29. The van der Waals surface area contributed by atoms with Gasteiger partial charge in [-0.3, -0.25) is 9.59 Å². The van der Waals surface area contributed by atoms with Crippen LogP contribution in [0.15, 0.2) is 0 Å². The van der Waals surface area contributed by atoms with E-state index in [2.05, 4.69) is 4.74 Å². The molecule has 1 unspecified atom stereocenters. The highest BCUT2D eigenvalue weighted by Crippen LogP contribution is 2.20. The van der Waals surface area contributed by atoms with Gasteiger partial charge in [0.2, 0.25) is 5.91 Å².